The fraction of sp³-hybridized carbons (Fsp3) is 0.829. The Balaban J connectivity index is 6.74. The van der Waals surface area contributed by atoms with Gasteiger partial charge in [-0.3, -0.25) is 28.8 Å². The molecule has 36 nitrogen and oxygen atoms in total. The van der Waals surface area contributed by atoms with E-state index in [1.165, 1.54) is 0 Å². The number of hydrogen-bond donors (Lipinski definition) is 14. The summed E-state index contributed by atoms with van der Waals surface area (Å²) in [5.41, 5.74) is -6.41. The van der Waals surface area contributed by atoms with E-state index in [1.807, 2.05) is 0 Å². The number of ether oxygens (including phenoxy) is 8. The second-order valence-corrected chi connectivity index (χ2v) is 37.2. The van der Waals surface area contributed by atoms with Gasteiger partial charge in [0.05, 0.1) is 0 Å². The van der Waals surface area contributed by atoms with Crippen molar-refractivity contribution >= 4 is 84.2 Å². The molecule has 6 atom stereocenters. The average Bonchev–Trinajstić information content (AvgIpc) is 0.882. The summed E-state index contributed by atoms with van der Waals surface area (Å²) in [4.78, 5) is 186. The van der Waals surface area contributed by atoms with Crippen LogP contribution in [0, 0.1) is 0 Å². The van der Waals surface area contributed by atoms with Crippen LogP contribution in [0.1, 0.15) is 307 Å². The van der Waals surface area contributed by atoms with E-state index in [0.717, 1.165) is 0 Å². The molecule has 0 aliphatic rings. The predicted octanol–water partition coefficient (Wildman–Crippen LogP) is 10.7. The highest BCUT2D eigenvalue weighted by atomic mass is 16.6. The molecular weight excluding hydrogens is 1530 g/mol. The fourth-order valence-corrected chi connectivity index (χ4v) is 10.8. The zero-order valence-corrected chi connectivity index (χ0v) is 75.7. The molecule has 0 aromatic rings. The first-order valence-corrected chi connectivity index (χ1v) is 41.9. The smallest absolute Gasteiger partial charge is 0.408 e. The molecule has 36 heteroatoms. The van der Waals surface area contributed by atoms with Crippen molar-refractivity contribution < 1.29 is 105 Å². The number of nitrogens with one attached hydrogen (secondary N) is 14. The Hall–Kier alpha value is -9.02. The van der Waals surface area contributed by atoms with Gasteiger partial charge in [-0.25, -0.2) is 38.4 Å². The second kappa shape index (κ2) is 54.2. The van der Waals surface area contributed by atoms with Gasteiger partial charge in [-0.1, -0.05) is 12.8 Å². The summed E-state index contributed by atoms with van der Waals surface area (Å²) in [7, 11) is 0. The summed E-state index contributed by atoms with van der Waals surface area (Å²) in [6.07, 6.45) is 1.57. The van der Waals surface area contributed by atoms with Crippen molar-refractivity contribution in [2.75, 3.05) is 52.4 Å². The van der Waals surface area contributed by atoms with Crippen LogP contribution in [-0.4, -0.2) is 218 Å². The van der Waals surface area contributed by atoms with Gasteiger partial charge in [-0.2, -0.15) is 0 Å². The Morgan fingerprint density at radius 1 is 0.169 bits per heavy atom. The molecular formula is C82H152N14O22. The molecule has 0 fully saturated rings. The van der Waals surface area contributed by atoms with Gasteiger partial charge in [0.25, 0.3) is 0 Å². The lowest BCUT2D eigenvalue weighted by atomic mass is 10.0. The number of alkyl carbamates (subject to hydrolysis) is 8. The molecule has 0 rings (SSSR count). The molecule has 0 heterocycles. The SMILES string of the molecule is CC(C)(C)OC(=O)NCCCC[C@H](NC(=O)OC(C)(C)C)C(=O)NCCCC[C@H](NC(=O)[C@H](CCCCNC(=O)OC(C)(C)C)NC(=O)OC(C)(C)C)C(=O)NCCCCCCNC(=O)[C@@H](CCCCNC(=O)[C@H](CCCCNC(=O)OC(C)(C)C)NC(=O)OC(C)(C)C)NC(=O)[C@H](CCCCNC(=O)OC(C)(C)C)NC(=O)OC(C)(C)C. The van der Waals surface area contributed by atoms with E-state index in [1.54, 1.807) is 166 Å². The highest BCUT2D eigenvalue weighted by Gasteiger charge is 2.33. The number of rotatable bonds is 49. The van der Waals surface area contributed by atoms with Crippen molar-refractivity contribution in [3.63, 3.8) is 0 Å². The maximum atomic E-state index is 14.3. The summed E-state index contributed by atoms with van der Waals surface area (Å²) in [5.74, 6) is -3.41. The molecule has 14 amide bonds. The molecule has 0 aromatic heterocycles. The number of carbonyl (C=O) groups is 14. The summed E-state index contributed by atoms with van der Waals surface area (Å²) >= 11 is 0. The van der Waals surface area contributed by atoms with E-state index in [9.17, 15) is 67.1 Å². The Morgan fingerprint density at radius 2 is 0.305 bits per heavy atom. The van der Waals surface area contributed by atoms with Crippen LogP contribution in [0.25, 0.3) is 0 Å². The average molecular weight is 1690 g/mol. The largest absolute Gasteiger partial charge is 0.444 e. The van der Waals surface area contributed by atoms with Gasteiger partial charge >= 0.3 is 48.7 Å². The maximum absolute atomic E-state index is 14.3. The maximum Gasteiger partial charge on any atom is 0.408 e. The number of hydrogen-bond acceptors (Lipinski definition) is 22. The molecule has 0 aromatic carbocycles. The van der Waals surface area contributed by atoms with E-state index >= 15 is 0 Å². The first-order valence-electron chi connectivity index (χ1n) is 41.9. The van der Waals surface area contributed by atoms with Gasteiger partial charge in [-0.15, -0.1) is 0 Å². The van der Waals surface area contributed by atoms with Crippen molar-refractivity contribution in [2.24, 2.45) is 0 Å². The zero-order valence-electron chi connectivity index (χ0n) is 75.7. The summed E-state index contributed by atoms with van der Waals surface area (Å²) in [5, 5.41) is 38.5. The van der Waals surface area contributed by atoms with Crippen LogP contribution in [0.5, 0.6) is 0 Å². The normalized spacial score (nSPS) is 13.5. The lowest BCUT2D eigenvalue weighted by molar-refractivity contribution is -0.130. The predicted molar refractivity (Wildman–Crippen MR) is 447 cm³/mol. The lowest BCUT2D eigenvalue weighted by Crippen LogP contribution is -2.54. The van der Waals surface area contributed by atoms with Gasteiger partial charge in [0.15, 0.2) is 0 Å². The first-order chi connectivity index (χ1) is 54.3. The van der Waals surface area contributed by atoms with E-state index in [0.29, 0.717) is 103 Å². The van der Waals surface area contributed by atoms with Crippen molar-refractivity contribution in [3.05, 3.63) is 0 Å². The molecule has 0 saturated carbocycles. The lowest BCUT2D eigenvalue weighted by Gasteiger charge is -2.25. The molecule has 682 valence electrons. The van der Waals surface area contributed by atoms with Gasteiger partial charge < -0.3 is 112 Å². The molecule has 0 spiro atoms. The third kappa shape index (κ3) is 63.1. The Kier molecular flexibility index (Phi) is 50.1. The molecule has 0 aliphatic heterocycles. The van der Waals surface area contributed by atoms with E-state index in [-0.39, 0.29) is 90.9 Å². The highest BCUT2D eigenvalue weighted by molar-refractivity contribution is 5.92. The third-order valence-corrected chi connectivity index (χ3v) is 15.8. The van der Waals surface area contributed by atoms with E-state index in [2.05, 4.69) is 74.4 Å². The molecule has 0 unspecified atom stereocenters. The molecule has 0 aliphatic carbocycles. The van der Waals surface area contributed by atoms with Crippen LogP contribution >= 0.6 is 0 Å². The summed E-state index contributed by atoms with van der Waals surface area (Å²) in [6, 6.07) is -6.66. The van der Waals surface area contributed by atoms with Crippen LogP contribution in [0.4, 0.5) is 38.4 Å². The van der Waals surface area contributed by atoms with Gasteiger partial charge in [0, 0.05) is 52.4 Å². The summed E-state index contributed by atoms with van der Waals surface area (Å²) in [6.45, 7) is 42.5. The third-order valence-electron chi connectivity index (χ3n) is 15.8. The molecule has 0 saturated heterocycles. The molecule has 0 bridgehead atoms. The van der Waals surface area contributed by atoms with Crippen LogP contribution in [0.3, 0.4) is 0 Å². The first kappa shape index (κ1) is 109. The number of amides is 14. The van der Waals surface area contributed by atoms with Crippen LogP contribution in [0.15, 0.2) is 0 Å². The molecule has 118 heavy (non-hydrogen) atoms. The van der Waals surface area contributed by atoms with Gasteiger partial charge in [-0.05, 0) is 295 Å². The summed E-state index contributed by atoms with van der Waals surface area (Å²) < 4.78 is 43.2. The fourth-order valence-electron chi connectivity index (χ4n) is 10.8. The van der Waals surface area contributed by atoms with Crippen LogP contribution in [-0.2, 0) is 66.7 Å². The highest BCUT2D eigenvalue weighted by Crippen LogP contribution is 2.18. The minimum absolute atomic E-state index is 0.0835. The molecule has 14 N–H and O–H groups in total. The Labute approximate surface area is 701 Å². The van der Waals surface area contributed by atoms with Crippen molar-refractivity contribution in [1.82, 2.24) is 74.4 Å². The quantitative estimate of drug-likeness (QED) is 0.0199. The minimum atomic E-state index is -1.18. The van der Waals surface area contributed by atoms with Crippen LogP contribution in [0.2, 0.25) is 0 Å². The minimum Gasteiger partial charge on any atom is -0.444 e. The van der Waals surface area contributed by atoms with Crippen molar-refractivity contribution in [1.29, 1.82) is 0 Å². The van der Waals surface area contributed by atoms with Crippen LogP contribution < -0.4 is 74.4 Å². The van der Waals surface area contributed by atoms with Crippen molar-refractivity contribution in [3.8, 4) is 0 Å². The topological polar surface area (TPSA) is 481 Å². The number of carbonyl (C=O) groups excluding carboxylic acids is 14. The standard InChI is InChI=1S/C82H152N14O22/c1-75(2,3)111-67(103)87-51-37-29-43-57(93-71(107)115-79(13,14)15)63(99)85-49-35-27-41-55(91-65(101)59(95-73(109)117-81(19,20)21)45-31-39-53-89-69(105)113-77(7,8)9)61(97)83-47-33-25-26-34-48-84-62(98)56(92-66(102)60(96-74(110)118-82(22,23)24)46-32-40-54-90-70(106)114-78(10,11)12)42-28-36-50-86-64(100)58(94-72(108)116-80(16,17)18)44-30-38-52-88-68(104)112-76(4,5)6/h55-60H,25-54H2,1-24H3,(H,83,97)(H,84,98)(H,85,99)(H,86,100)(H,87,103)(H,88,104)(H,89,105)(H,90,106)(H,91,101)(H,92,102)(H,93,107)(H,94,108)(H,95,109)(H,96,110)/t55-,56+,57-,58-,59-,60-/m0/s1. The van der Waals surface area contributed by atoms with Crippen molar-refractivity contribution in [2.45, 2.75) is 388 Å². The zero-order chi connectivity index (χ0) is 90.3. The number of unbranched alkanes of at least 4 members (excludes halogenated alkanes) is 9. The van der Waals surface area contributed by atoms with Gasteiger partial charge in [0.1, 0.15) is 81.1 Å². The van der Waals surface area contributed by atoms with E-state index < -0.39 is 165 Å². The Morgan fingerprint density at radius 3 is 0.475 bits per heavy atom. The van der Waals surface area contributed by atoms with E-state index in [4.69, 9.17) is 37.9 Å². The second-order valence-electron chi connectivity index (χ2n) is 37.2. The molecule has 0 radical (unpaired) electrons. The Bertz CT molecular complexity index is 2900. The van der Waals surface area contributed by atoms with Gasteiger partial charge in [0.2, 0.25) is 35.4 Å². The monoisotopic (exact) mass is 1690 g/mol.